The number of aliphatic hydroxyl groups excluding tert-OH is 2. The van der Waals surface area contributed by atoms with Crippen LogP contribution in [0.3, 0.4) is 0 Å². The lowest BCUT2D eigenvalue weighted by Gasteiger charge is -2.39. The van der Waals surface area contributed by atoms with E-state index < -0.39 is 42.6 Å². The van der Waals surface area contributed by atoms with E-state index in [4.69, 9.17) is 4.74 Å². The Hall–Kier alpha value is -2.84. The quantitative estimate of drug-likeness (QED) is 0.349. The topological polar surface area (TPSA) is 114 Å². The van der Waals surface area contributed by atoms with Crippen molar-refractivity contribution < 1.29 is 28.5 Å². The van der Waals surface area contributed by atoms with E-state index in [-0.39, 0.29) is 28.1 Å². The molecule has 1 saturated heterocycles. The number of anilines is 1. The van der Waals surface area contributed by atoms with Gasteiger partial charge in [0.25, 0.3) is 5.91 Å². The van der Waals surface area contributed by atoms with Crippen molar-refractivity contribution >= 4 is 49.1 Å². The summed E-state index contributed by atoms with van der Waals surface area (Å²) in [6.07, 6.45) is -1.91. The van der Waals surface area contributed by atoms with E-state index in [9.17, 15) is 23.8 Å². The van der Waals surface area contributed by atoms with Crippen LogP contribution in [0.1, 0.15) is 12.5 Å². The van der Waals surface area contributed by atoms with Gasteiger partial charge in [-0.1, -0.05) is 5.21 Å². The van der Waals surface area contributed by atoms with Crippen LogP contribution >= 0.6 is 27.3 Å². The molecule has 13 heteroatoms. The number of hydrogen-bond donors (Lipinski definition) is 2. The van der Waals surface area contributed by atoms with Crippen LogP contribution < -0.4 is 4.90 Å². The number of amides is 1. The molecule has 4 aromatic rings. The smallest absolute Gasteiger partial charge is 0.255 e. The monoisotopic (exact) mass is 579 g/mol. The summed E-state index contributed by atoms with van der Waals surface area (Å²) in [5, 5.41) is 28.5. The lowest BCUT2D eigenvalue weighted by atomic mass is 9.94. The lowest BCUT2D eigenvalue weighted by Crippen LogP contribution is -2.52. The SMILES string of the molecule is CN(C(=O)C1CC(n2cc(-c3ccc(Br)c(F)c3F)nn2)C(O)C(CO)O1)c1ccc2ncsc2c1. The van der Waals surface area contributed by atoms with Crippen LogP contribution in [0.5, 0.6) is 0 Å². The molecule has 1 fully saturated rings. The highest BCUT2D eigenvalue weighted by molar-refractivity contribution is 9.10. The molecule has 1 aliphatic heterocycles. The van der Waals surface area contributed by atoms with Gasteiger partial charge in [0.05, 0.1) is 39.0 Å². The molecular formula is C23H20BrF2N5O4S. The number of aliphatic hydroxyl groups is 2. The first-order valence-electron chi connectivity index (χ1n) is 10.9. The van der Waals surface area contributed by atoms with Crippen molar-refractivity contribution in [1.82, 2.24) is 20.0 Å². The Kier molecular flexibility index (Phi) is 6.83. The van der Waals surface area contributed by atoms with Crippen LogP contribution in [-0.2, 0) is 9.53 Å². The Morgan fingerprint density at radius 3 is 2.89 bits per heavy atom. The van der Waals surface area contributed by atoms with E-state index >= 15 is 0 Å². The molecule has 1 aliphatic rings. The molecule has 36 heavy (non-hydrogen) atoms. The number of hydrogen-bond acceptors (Lipinski definition) is 8. The number of rotatable bonds is 5. The fourth-order valence-corrected chi connectivity index (χ4v) is 5.23. The molecule has 0 radical (unpaired) electrons. The molecule has 9 nitrogen and oxygen atoms in total. The van der Waals surface area contributed by atoms with Gasteiger partial charge < -0.3 is 19.8 Å². The van der Waals surface area contributed by atoms with E-state index in [1.807, 2.05) is 12.1 Å². The van der Waals surface area contributed by atoms with Gasteiger partial charge in [-0.2, -0.15) is 0 Å². The summed E-state index contributed by atoms with van der Waals surface area (Å²) >= 11 is 4.39. The third-order valence-corrected chi connectivity index (χ3v) is 7.62. The highest BCUT2D eigenvalue weighted by atomic mass is 79.9. The average Bonchev–Trinajstić information content (AvgIpc) is 3.56. The third kappa shape index (κ3) is 4.41. The Morgan fingerprint density at radius 2 is 2.11 bits per heavy atom. The van der Waals surface area contributed by atoms with Gasteiger partial charge in [-0.15, -0.1) is 16.4 Å². The van der Waals surface area contributed by atoms with Gasteiger partial charge in [0, 0.05) is 24.7 Å². The summed E-state index contributed by atoms with van der Waals surface area (Å²) in [4.78, 5) is 19.0. The fraction of sp³-hybridized carbons (Fsp3) is 0.304. The first-order valence-corrected chi connectivity index (χ1v) is 12.6. The van der Waals surface area contributed by atoms with Crippen molar-refractivity contribution in [2.45, 2.75) is 30.8 Å². The molecule has 5 rings (SSSR count). The van der Waals surface area contributed by atoms with Crippen molar-refractivity contribution in [2.24, 2.45) is 0 Å². The van der Waals surface area contributed by atoms with Gasteiger partial charge >= 0.3 is 0 Å². The molecule has 188 valence electrons. The minimum Gasteiger partial charge on any atom is -0.394 e. The second-order valence-electron chi connectivity index (χ2n) is 8.35. The number of fused-ring (bicyclic) bond motifs is 1. The van der Waals surface area contributed by atoms with Gasteiger partial charge in [0.15, 0.2) is 11.6 Å². The maximum atomic E-state index is 14.4. The number of thiazole rings is 1. The molecule has 0 spiro atoms. The Labute approximate surface area is 216 Å². The standard InChI is InChI=1S/C23H20BrF2N5O4S/c1-30(11-2-5-14-19(6-11)36-10-27-14)23(34)17-7-16(22(33)18(9-32)35-17)31-8-15(28-29-31)12-3-4-13(24)21(26)20(12)25/h2-6,8,10,16-18,22,32-33H,7,9H2,1H3. The summed E-state index contributed by atoms with van der Waals surface area (Å²) in [6, 6.07) is 7.33. The molecule has 3 heterocycles. The van der Waals surface area contributed by atoms with Gasteiger partial charge in [-0.3, -0.25) is 4.79 Å². The maximum absolute atomic E-state index is 14.4. The third-order valence-electron chi connectivity index (χ3n) is 6.22. The number of nitrogens with zero attached hydrogens (tertiary/aromatic N) is 5. The number of ether oxygens (including phenoxy) is 1. The molecule has 2 aromatic carbocycles. The van der Waals surface area contributed by atoms with E-state index in [1.165, 1.54) is 39.2 Å². The summed E-state index contributed by atoms with van der Waals surface area (Å²) < 4.78 is 36.4. The summed E-state index contributed by atoms with van der Waals surface area (Å²) in [7, 11) is 1.61. The predicted octanol–water partition coefficient (Wildman–Crippen LogP) is 3.31. The zero-order chi connectivity index (χ0) is 25.6. The van der Waals surface area contributed by atoms with Gasteiger partial charge in [-0.25, -0.2) is 18.4 Å². The van der Waals surface area contributed by atoms with Gasteiger partial charge in [0.2, 0.25) is 0 Å². The normalized spacial score (nSPS) is 22.2. The van der Waals surface area contributed by atoms with Crippen molar-refractivity contribution in [3.8, 4) is 11.3 Å². The van der Waals surface area contributed by atoms with E-state index in [1.54, 1.807) is 18.6 Å². The van der Waals surface area contributed by atoms with Crippen LogP contribution in [0.25, 0.3) is 21.5 Å². The van der Waals surface area contributed by atoms with Crippen molar-refractivity contribution in [2.75, 3.05) is 18.6 Å². The molecule has 0 aliphatic carbocycles. The predicted molar refractivity (Wildman–Crippen MR) is 132 cm³/mol. The highest BCUT2D eigenvalue weighted by Gasteiger charge is 2.42. The van der Waals surface area contributed by atoms with Crippen LogP contribution in [0, 0.1) is 11.6 Å². The molecule has 0 saturated carbocycles. The number of benzene rings is 2. The number of likely N-dealkylation sites (N-methyl/N-ethyl adjacent to an activating group) is 1. The largest absolute Gasteiger partial charge is 0.394 e. The molecular weight excluding hydrogens is 560 g/mol. The zero-order valence-electron chi connectivity index (χ0n) is 18.8. The van der Waals surface area contributed by atoms with Crippen molar-refractivity contribution in [3.05, 3.63) is 58.1 Å². The fourth-order valence-electron chi connectivity index (χ4n) is 4.21. The highest BCUT2D eigenvalue weighted by Crippen LogP contribution is 2.33. The van der Waals surface area contributed by atoms with Crippen LogP contribution in [0.4, 0.5) is 14.5 Å². The van der Waals surface area contributed by atoms with Gasteiger partial charge in [-0.05, 0) is 46.3 Å². The molecule has 0 bridgehead atoms. The van der Waals surface area contributed by atoms with Crippen LogP contribution in [0.15, 0.2) is 46.5 Å². The first-order chi connectivity index (χ1) is 17.3. The Balaban J connectivity index is 1.41. The Bertz CT molecular complexity index is 1430. The molecule has 2 N–H and O–H groups in total. The molecule has 4 atom stereocenters. The zero-order valence-corrected chi connectivity index (χ0v) is 21.2. The Morgan fingerprint density at radius 1 is 1.31 bits per heavy atom. The second kappa shape index (κ2) is 9.90. The number of halogens is 3. The average molecular weight is 580 g/mol. The number of carbonyl (C=O) groups excluding carboxylic acids is 1. The first kappa shape index (κ1) is 24.8. The summed E-state index contributed by atoms with van der Waals surface area (Å²) in [6.45, 7) is -0.536. The molecule has 2 aromatic heterocycles. The number of aromatic nitrogens is 4. The van der Waals surface area contributed by atoms with E-state index in [2.05, 4.69) is 31.2 Å². The summed E-state index contributed by atoms with van der Waals surface area (Å²) in [5.74, 6) is -2.53. The van der Waals surface area contributed by atoms with Crippen LogP contribution in [-0.4, -0.2) is 68.1 Å². The molecule has 1 amide bonds. The minimum atomic E-state index is -1.22. The van der Waals surface area contributed by atoms with Crippen molar-refractivity contribution in [3.63, 3.8) is 0 Å². The summed E-state index contributed by atoms with van der Waals surface area (Å²) in [5.41, 5.74) is 3.13. The minimum absolute atomic E-state index is 0.0175. The van der Waals surface area contributed by atoms with E-state index in [0.717, 1.165) is 10.2 Å². The van der Waals surface area contributed by atoms with Crippen molar-refractivity contribution in [1.29, 1.82) is 0 Å². The van der Waals surface area contributed by atoms with E-state index in [0.29, 0.717) is 5.69 Å². The lowest BCUT2D eigenvalue weighted by molar-refractivity contribution is -0.169. The maximum Gasteiger partial charge on any atom is 0.255 e. The second-order valence-corrected chi connectivity index (χ2v) is 10.1. The van der Waals surface area contributed by atoms with Gasteiger partial charge in [0.1, 0.15) is 24.0 Å². The van der Waals surface area contributed by atoms with Crippen LogP contribution in [0.2, 0.25) is 0 Å². The number of carbonyl (C=O) groups is 1. The molecule has 4 unspecified atom stereocenters.